The van der Waals surface area contributed by atoms with Crippen molar-refractivity contribution in [1.29, 1.82) is 0 Å². The lowest BCUT2D eigenvalue weighted by Crippen LogP contribution is -2.10. The molecule has 0 saturated heterocycles. The van der Waals surface area contributed by atoms with Gasteiger partial charge >= 0.3 is 5.97 Å². The Bertz CT molecular complexity index is 603. The number of esters is 1. The fourth-order valence-electron chi connectivity index (χ4n) is 1.85. The van der Waals surface area contributed by atoms with E-state index in [2.05, 4.69) is 0 Å². The number of carbonyl (C=O) groups is 2. The van der Waals surface area contributed by atoms with E-state index in [9.17, 15) is 9.59 Å². The SMILES string of the molecule is CC(=O)CCc1ccccc1OC(=O)c1ccccc1. The van der Waals surface area contributed by atoms with Crippen molar-refractivity contribution in [3.8, 4) is 5.75 Å². The van der Waals surface area contributed by atoms with Crippen molar-refractivity contribution in [3.05, 3.63) is 65.7 Å². The molecule has 0 aliphatic rings. The number of hydrogen-bond donors (Lipinski definition) is 0. The molecule has 0 atom stereocenters. The summed E-state index contributed by atoms with van der Waals surface area (Å²) in [6, 6.07) is 16.1. The van der Waals surface area contributed by atoms with E-state index in [1.165, 1.54) is 0 Å². The van der Waals surface area contributed by atoms with Gasteiger partial charge in [-0.05, 0) is 37.1 Å². The molecule has 20 heavy (non-hydrogen) atoms. The lowest BCUT2D eigenvalue weighted by atomic mass is 10.1. The zero-order chi connectivity index (χ0) is 14.4. The highest BCUT2D eigenvalue weighted by Crippen LogP contribution is 2.21. The highest BCUT2D eigenvalue weighted by atomic mass is 16.5. The van der Waals surface area contributed by atoms with E-state index in [1.807, 2.05) is 24.3 Å². The van der Waals surface area contributed by atoms with Gasteiger partial charge in [0.05, 0.1) is 5.56 Å². The Morgan fingerprint density at radius 1 is 0.950 bits per heavy atom. The van der Waals surface area contributed by atoms with Crippen LogP contribution in [0.2, 0.25) is 0 Å². The molecular formula is C17H16O3. The number of aryl methyl sites for hydroxylation is 1. The Morgan fingerprint density at radius 2 is 1.60 bits per heavy atom. The van der Waals surface area contributed by atoms with Crippen LogP contribution in [0.5, 0.6) is 5.75 Å². The van der Waals surface area contributed by atoms with Crippen LogP contribution in [0.3, 0.4) is 0 Å². The van der Waals surface area contributed by atoms with E-state index in [0.717, 1.165) is 5.56 Å². The van der Waals surface area contributed by atoms with Crippen molar-refractivity contribution in [1.82, 2.24) is 0 Å². The number of carbonyl (C=O) groups excluding carboxylic acids is 2. The zero-order valence-corrected chi connectivity index (χ0v) is 11.3. The van der Waals surface area contributed by atoms with Crippen molar-refractivity contribution in [2.45, 2.75) is 19.8 Å². The van der Waals surface area contributed by atoms with Crippen LogP contribution in [0.25, 0.3) is 0 Å². The Hall–Kier alpha value is -2.42. The first kappa shape index (κ1) is 14.0. The molecule has 3 nitrogen and oxygen atoms in total. The summed E-state index contributed by atoms with van der Waals surface area (Å²) in [5.74, 6) is 0.248. The molecule has 0 fully saturated rings. The molecule has 2 aromatic rings. The quantitative estimate of drug-likeness (QED) is 0.616. The molecule has 0 amide bonds. The first-order valence-electron chi connectivity index (χ1n) is 6.51. The molecule has 0 unspecified atom stereocenters. The van der Waals surface area contributed by atoms with E-state index in [1.54, 1.807) is 37.3 Å². The molecule has 0 radical (unpaired) electrons. The van der Waals surface area contributed by atoms with Gasteiger partial charge in [-0.3, -0.25) is 0 Å². The molecule has 0 aromatic heterocycles. The standard InChI is InChI=1S/C17H16O3/c1-13(18)11-12-14-7-5-6-10-16(14)20-17(19)15-8-3-2-4-9-15/h2-10H,11-12H2,1H3. The van der Waals surface area contributed by atoms with Gasteiger partial charge in [0, 0.05) is 6.42 Å². The second kappa shape index (κ2) is 6.66. The van der Waals surface area contributed by atoms with Crippen molar-refractivity contribution in [3.63, 3.8) is 0 Å². The second-order valence-electron chi connectivity index (χ2n) is 4.57. The fraction of sp³-hybridized carbons (Fsp3) is 0.176. The van der Waals surface area contributed by atoms with E-state index in [-0.39, 0.29) is 11.8 Å². The molecule has 0 spiro atoms. The number of para-hydroxylation sites is 1. The summed E-state index contributed by atoms with van der Waals surface area (Å²) in [6.45, 7) is 1.55. The highest BCUT2D eigenvalue weighted by molar-refractivity contribution is 5.91. The van der Waals surface area contributed by atoms with Gasteiger partial charge in [-0.15, -0.1) is 0 Å². The van der Waals surface area contributed by atoms with Crippen LogP contribution in [-0.4, -0.2) is 11.8 Å². The van der Waals surface area contributed by atoms with Crippen LogP contribution >= 0.6 is 0 Å². The number of Topliss-reactive ketones (excluding diaryl/α,β-unsaturated/α-hetero) is 1. The third-order valence-corrected chi connectivity index (χ3v) is 2.93. The lowest BCUT2D eigenvalue weighted by Gasteiger charge is -2.09. The molecule has 0 aliphatic heterocycles. The monoisotopic (exact) mass is 268 g/mol. The molecule has 3 heteroatoms. The van der Waals surface area contributed by atoms with Crippen LogP contribution in [0.15, 0.2) is 54.6 Å². The molecular weight excluding hydrogens is 252 g/mol. The summed E-state index contributed by atoms with van der Waals surface area (Å²) < 4.78 is 5.41. The average Bonchev–Trinajstić information content (AvgIpc) is 2.47. The van der Waals surface area contributed by atoms with Crippen LogP contribution in [0.4, 0.5) is 0 Å². The maximum atomic E-state index is 12.0. The zero-order valence-electron chi connectivity index (χ0n) is 11.3. The molecule has 102 valence electrons. The van der Waals surface area contributed by atoms with Gasteiger partial charge < -0.3 is 9.53 Å². The van der Waals surface area contributed by atoms with Crippen molar-refractivity contribution >= 4 is 11.8 Å². The average molecular weight is 268 g/mol. The number of ether oxygens (including phenoxy) is 1. The number of rotatable bonds is 5. The van der Waals surface area contributed by atoms with E-state index >= 15 is 0 Å². The minimum atomic E-state index is -0.388. The Kier molecular flexibility index (Phi) is 4.66. The molecule has 2 rings (SSSR count). The number of benzene rings is 2. The predicted molar refractivity (Wildman–Crippen MR) is 76.8 cm³/mol. The smallest absolute Gasteiger partial charge is 0.343 e. The number of hydrogen-bond acceptors (Lipinski definition) is 3. The van der Waals surface area contributed by atoms with Gasteiger partial charge in [0.25, 0.3) is 0 Å². The lowest BCUT2D eigenvalue weighted by molar-refractivity contribution is -0.116. The van der Waals surface area contributed by atoms with Gasteiger partial charge in [0.1, 0.15) is 11.5 Å². The molecule has 0 aliphatic carbocycles. The van der Waals surface area contributed by atoms with Gasteiger partial charge in [-0.25, -0.2) is 4.79 Å². The first-order valence-corrected chi connectivity index (χ1v) is 6.51. The van der Waals surface area contributed by atoms with E-state index in [0.29, 0.717) is 24.2 Å². The van der Waals surface area contributed by atoms with Gasteiger partial charge in [-0.2, -0.15) is 0 Å². The third kappa shape index (κ3) is 3.79. The first-order chi connectivity index (χ1) is 9.66. The highest BCUT2D eigenvalue weighted by Gasteiger charge is 2.11. The molecule has 0 heterocycles. The van der Waals surface area contributed by atoms with Crippen molar-refractivity contribution in [2.75, 3.05) is 0 Å². The van der Waals surface area contributed by atoms with E-state index < -0.39 is 0 Å². The summed E-state index contributed by atoms with van der Waals surface area (Å²) in [7, 11) is 0. The normalized spacial score (nSPS) is 10.1. The van der Waals surface area contributed by atoms with E-state index in [4.69, 9.17) is 4.74 Å². The topological polar surface area (TPSA) is 43.4 Å². The van der Waals surface area contributed by atoms with Crippen LogP contribution in [-0.2, 0) is 11.2 Å². The second-order valence-corrected chi connectivity index (χ2v) is 4.57. The third-order valence-electron chi connectivity index (χ3n) is 2.93. The summed E-state index contributed by atoms with van der Waals surface area (Å²) >= 11 is 0. The maximum absolute atomic E-state index is 12.0. The molecule has 2 aromatic carbocycles. The molecule has 0 bridgehead atoms. The fourth-order valence-corrected chi connectivity index (χ4v) is 1.85. The van der Waals surface area contributed by atoms with Gasteiger partial charge in [0.15, 0.2) is 0 Å². The molecule has 0 N–H and O–H groups in total. The largest absolute Gasteiger partial charge is 0.423 e. The van der Waals surface area contributed by atoms with Crippen LogP contribution < -0.4 is 4.74 Å². The molecule has 0 saturated carbocycles. The van der Waals surface area contributed by atoms with Crippen molar-refractivity contribution < 1.29 is 14.3 Å². The minimum absolute atomic E-state index is 0.120. The summed E-state index contributed by atoms with van der Waals surface area (Å²) in [5, 5.41) is 0. The Labute approximate surface area is 118 Å². The maximum Gasteiger partial charge on any atom is 0.343 e. The van der Waals surface area contributed by atoms with Crippen molar-refractivity contribution in [2.24, 2.45) is 0 Å². The van der Waals surface area contributed by atoms with Gasteiger partial charge in [-0.1, -0.05) is 36.4 Å². The predicted octanol–water partition coefficient (Wildman–Crippen LogP) is 3.43. The summed E-state index contributed by atoms with van der Waals surface area (Å²) in [4.78, 5) is 23.1. The van der Waals surface area contributed by atoms with Gasteiger partial charge in [0.2, 0.25) is 0 Å². The van der Waals surface area contributed by atoms with Crippen LogP contribution in [0, 0.1) is 0 Å². The Morgan fingerprint density at radius 3 is 2.30 bits per heavy atom. The summed E-state index contributed by atoms with van der Waals surface area (Å²) in [5.41, 5.74) is 1.38. The van der Waals surface area contributed by atoms with Crippen LogP contribution in [0.1, 0.15) is 29.3 Å². The Balaban J connectivity index is 2.13. The number of ketones is 1. The summed E-state index contributed by atoms with van der Waals surface area (Å²) in [6.07, 6.45) is 1.02. The minimum Gasteiger partial charge on any atom is -0.423 e.